The van der Waals surface area contributed by atoms with Gasteiger partial charge in [0.1, 0.15) is 0 Å². The average molecular weight is 1040 g/mol. The van der Waals surface area contributed by atoms with E-state index in [1.54, 1.807) is 0 Å². The first-order valence-electron chi connectivity index (χ1n) is 28.1. The van der Waals surface area contributed by atoms with Crippen LogP contribution in [0.3, 0.4) is 0 Å². The number of anilines is 6. The third kappa shape index (κ3) is 16.3. The summed E-state index contributed by atoms with van der Waals surface area (Å²) in [5, 5.41) is 21.4. The molecule has 8 heteroatoms. The fourth-order valence-electron chi connectivity index (χ4n) is 9.75. The van der Waals surface area contributed by atoms with Crippen LogP contribution in [0.15, 0.2) is 158 Å². The van der Waals surface area contributed by atoms with Gasteiger partial charge >= 0.3 is 11.9 Å². The molecule has 0 aliphatic carbocycles. The van der Waals surface area contributed by atoms with Gasteiger partial charge in [-0.3, -0.25) is 9.59 Å². The van der Waals surface area contributed by atoms with Gasteiger partial charge in [0.2, 0.25) is 0 Å². The van der Waals surface area contributed by atoms with Crippen molar-refractivity contribution in [2.45, 2.75) is 150 Å². The van der Waals surface area contributed by atoms with Crippen LogP contribution in [0.25, 0.3) is 22.3 Å². The number of aliphatic hydroxyl groups is 2. The van der Waals surface area contributed by atoms with Crippen molar-refractivity contribution in [1.29, 1.82) is 0 Å². The summed E-state index contributed by atoms with van der Waals surface area (Å²) in [5.74, 6) is -0.485. The Labute approximate surface area is 459 Å². The van der Waals surface area contributed by atoms with Gasteiger partial charge in [0.25, 0.3) is 0 Å². The second-order valence-electron chi connectivity index (χ2n) is 21.4. The fraction of sp³-hybridized carbons (Fsp3) is 0.362. The van der Waals surface area contributed by atoms with Crippen LogP contribution in [0.5, 0.6) is 0 Å². The van der Waals surface area contributed by atoms with Gasteiger partial charge in [-0.05, 0) is 195 Å². The third-order valence-electron chi connectivity index (χ3n) is 15.4. The molecule has 404 valence electrons. The number of carbonyl (C=O) groups is 2. The lowest BCUT2D eigenvalue weighted by molar-refractivity contribution is -0.146. The number of hydrogen-bond acceptors (Lipinski definition) is 8. The minimum Gasteiger partial charge on any atom is -0.466 e. The van der Waals surface area contributed by atoms with Crippen LogP contribution in [-0.4, -0.2) is 46.6 Å². The van der Waals surface area contributed by atoms with E-state index in [2.05, 4.69) is 209 Å². The summed E-state index contributed by atoms with van der Waals surface area (Å²) >= 11 is 0. The number of esters is 2. The van der Waals surface area contributed by atoms with Crippen molar-refractivity contribution in [3.63, 3.8) is 0 Å². The molecule has 0 aromatic heterocycles. The highest BCUT2D eigenvalue weighted by Gasteiger charge is 2.25. The van der Waals surface area contributed by atoms with E-state index in [4.69, 9.17) is 9.47 Å². The van der Waals surface area contributed by atoms with E-state index in [1.807, 2.05) is 13.8 Å². The highest BCUT2D eigenvalue weighted by Crippen LogP contribution is 2.39. The highest BCUT2D eigenvalue weighted by atomic mass is 16.5. The van der Waals surface area contributed by atoms with Crippen molar-refractivity contribution in [1.82, 2.24) is 0 Å². The zero-order valence-corrected chi connectivity index (χ0v) is 47.0. The van der Waals surface area contributed by atoms with E-state index < -0.39 is 11.2 Å². The van der Waals surface area contributed by atoms with E-state index in [9.17, 15) is 19.8 Å². The lowest BCUT2D eigenvalue weighted by Crippen LogP contribution is -2.29. The summed E-state index contributed by atoms with van der Waals surface area (Å²) in [6.45, 7) is 17.0. The molecule has 0 saturated heterocycles. The maximum absolute atomic E-state index is 12.7. The number of benzene rings is 7. The Morgan fingerprint density at radius 3 is 1.13 bits per heavy atom. The summed E-state index contributed by atoms with van der Waals surface area (Å²) in [5.41, 5.74) is 16.2. The van der Waals surface area contributed by atoms with E-state index in [0.29, 0.717) is 38.5 Å². The molecule has 8 nitrogen and oxygen atoms in total. The second kappa shape index (κ2) is 27.4. The van der Waals surface area contributed by atoms with Crippen molar-refractivity contribution in [3.8, 4) is 22.3 Å². The van der Waals surface area contributed by atoms with Crippen molar-refractivity contribution in [3.05, 3.63) is 191 Å². The Kier molecular flexibility index (Phi) is 20.5. The predicted molar refractivity (Wildman–Crippen MR) is 318 cm³/mol. The minimum atomic E-state index is -0.815. The first kappa shape index (κ1) is 57.7. The quantitative estimate of drug-likeness (QED) is 0.0492. The van der Waals surface area contributed by atoms with E-state index in [0.717, 1.165) is 99.6 Å². The van der Waals surface area contributed by atoms with Crippen molar-refractivity contribution >= 4 is 46.1 Å². The van der Waals surface area contributed by atoms with Gasteiger partial charge < -0.3 is 29.5 Å². The van der Waals surface area contributed by atoms with Gasteiger partial charge in [-0.25, -0.2) is 0 Å². The Morgan fingerprint density at radius 1 is 0.429 bits per heavy atom. The molecule has 7 aromatic carbocycles. The summed E-state index contributed by atoms with van der Waals surface area (Å²) in [6, 6.07) is 56.2. The van der Waals surface area contributed by atoms with Gasteiger partial charge in [-0.15, -0.1) is 0 Å². The molecule has 0 bridgehead atoms. The molecular formula is C69H82N2O6. The summed E-state index contributed by atoms with van der Waals surface area (Å²) in [4.78, 5) is 29.9. The number of aryl methyl sites for hydroxylation is 6. The molecule has 0 spiro atoms. The largest absolute Gasteiger partial charge is 0.466 e. The molecule has 2 unspecified atom stereocenters. The first-order chi connectivity index (χ1) is 37.1. The molecule has 0 aliphatic rings. The van der Waals surface area contributed by atoms with Crippen LogP contribution >= 0.6 is 0 Å². The Hall–Kier alpha value is -7.00. The molecule has 0 heterocycles. The normalized spacial score (nSPS) is 12.9. The lowest BCUT2D eigenvalue weighted by Gasteiger charge is -2.27. The Balaban J connectivity index is 1.01. The maximum atomic E-state index is 12.7. The topological polar surface area (TPSA) is 99.5 Å². The van der Waals surface area contributed by atoms with Gasteiger partial charge in [0, 0.05) is 59.8 Å². The smallest absolute Gasteiger partial charge is 0.306 e. The monoisotopic (exact) mass is 1030 g/mol. The molecule has 7 aromatic rings. The standard InChI is InChI=1S/C69H82N2O6/c1-9-12-42-68(8,74)44-46-76-66(72)40-20-54-16-32-60(33-17-54)70(64-30-14-50(4)52(6)48-64)62-36-26-58(27-37-62)56-22-24-57(25-23-56)59-28-38-63(39-29-59)71(65-31-15-51(5)53(7)49-65)61-34-18-55(19-35-61)21-41-67(73)77-47-45-69(75,11-3)43-13-10-2/h14-19,22-39,48-49,74-75H,9-13,20-21,40-47H2,1-8H3. The van der Waals surface area contributed by atoms with Crippen molar-refractivity contribution in [2.75, 3.05) is 23.0 Å². The van der Waals surface area contributed by atoms with Crippen molar-refractivity contribution < 1.29 is 29.3 Å². The average Bonchev–Trinajstić information content (AvgIpc) is 3.44. The van der Waals surface area contributed by atoms with Crippen molar-refractivity contribution in [2.24, 2.45) is 0 Å². The third-order valence-corrected chi connectivity index (χ3v) is 15.4. The highest BCUT2D eigenvalue weighted by molar-refractivity contribution is 5.81. The van der Waals surface area contributed by atoms with E-state index in [1.165, 1.54) is 22.3 Å². The predicted octanol–water partition coefficient (Wildman–Crippen LogP) is 17.2. The molecule has 0 amide bonds. The van der Waals surface area contributed by atoms with Gasteiger partial charge in [-0.1, -0.05) is 131 Å². The number of ether oxygens (including phenoxy) is 2. The van der Waals surface area contributed by atoms with Crippen LogP contribution in [0, 0.1) is 27.7 Å². The SMILES string of the molecule is CCCCC(C)(O)CCOC(=O)CCc1ccc(N(c2ccc(-c3ccc(-c4ccc(N(c5ccc(CCC(=O)OCCC(O)(CC)CCCC)cc5)c5ccc(C)c(C)c5)cc4)cc3)cc2)c2ccc(C)c(C)c2)cc1. The molecule has 0 fully saturated rings. The molecule has 2 atom stereocenters. The van der Waals surface area contributed by atoms with E-state index >= 15 is 0 Å². The van der Waals surface area contributed by atoms with Crippen LogP contribution < -0.4 is 9.80 Å². The molecule has 0 radical (unpaired) electrons. The second-order valence-corrected chi connectivity index (χ2v) is 21.4. The Morgan fingerprint density at radius 2 is 0.766 bits per heavy atom. The molecule has 0 saturated carbocycles. The van der Waals surface area contributed by atoms with Crippen LogP contribution in [0.4, 0.5) is 34.1 Å². The zero-order valence-electron chi connectivity index (χ0n) is 47.0. The maximum Gasteiger partial charge on any atom is 0.306 e. The van der Waals surface area contributed by atoms with Crippen LogP contribution in [-0.2, 0) is 31.9 Å². The molecule has 77 heavy (non-hydrogen) atoms. The van der Waals surface area contributed by atoms with Gasteiger partial charge in [-0.2, -0.15) is 0 Å². The number of carbonyl (C=O) groups excluding carboxylic acids is 2. The molecular weight excluding hydrogens is 953 g/mol. The number of unbranched alkanes of at least 4 members (excludes halogenated alkanes) is 2. The Bertz CT molecular complexity index is 2980. The first-order valence-corrected chi connectivity index (χ1v) is 28.1. The zero-order chi connectivity index (χ0) is 55.0. The minimum absolute atomic E-state index is 0.227. The number of nitrogens with zero attached hydrogens (tertiary/aromatic N) is 2. The molecule has 2 N–H and O–H groups in total. The summed E-state index contributed by atoms with van der Waals surface area (Å²) in [6.07, 6.45) is 8.68. The van der Waals surface area contributed by atoms with Crippen LogP contribution in [0.1, 0.15) is 132 Å². The van der Waals surface area contributed by atoms with E-state index in [-0.39, 0.29) is 38.0 Å². The van der Waals surface area contributed by atoms with Crippen LogP contribution in [0.2, 0.25) is 0 Å². The summed E-state index contributed by atoms with van der Waals surface area (Å²) < 4.78 is 11.1. The number of rotatable bonds is 27. The molecule has 7 rings (SSSR count). The summed E-state index contributed by atoms with van der Waals surface area (Å²) in [7, 11) is 0. The van der Waals surface area contributed by atoms with Gasteiger partial charge in [0.15, 0.2) is 0 Å². The number of hydrogen-bond donors (Lipinski definition) is 2. The van der Waals surface area contributed by atoms with Gasteiger partial charge in [0.05, 0.1) is 24.4 Å². The lowest BCUT2D eigenvalue weighted by atomic mass is 9.91. The molecule has 0 aliphatic heterocycles. The fourth-order valence-corrected chi connectivity index (χ4v) is 9.75.